The number of rotatable bonds is 3. The molecule has 1 aromatic rings. The van der Waals surface area contributed by atoms with Crippen molar-refractivity contribution in [2.45, 2.75) is 44.0 Å². The van der Waals surface area contributed by atoms with Crippen LogP contribution in [0.25, 0.3) is 0 Å². The molecular weight excluding hydrogens is 184 g/mol. The Morgan fingerprint density at radius 2 is 1.85 bits per heavy atom. The van der Waals surface area contributed by atoms with Gasteiger partial charge in [0.25, 0.3) is 0 Å². The standard InChI is InChI=1S/C8H16N4S/c1-5(2)7-10-11-8(12(7)9)13-6(3)4/h5-6H,9H2,1-4H3. The number of hydrogen-bond acceptors (Lipinski definition) is 4. The van der Waals surface area contributed by atoms with Crippen molar-refractivity contribution in [3.8, 4) is 0 Å². The van der Waals surface area contributed by atoms with Gasteiger partial charge >= 0.3 is 0 Å². The first kappa shape index (κ1) is 10.4. The molecule has 0 aromatic carbocycles. The van der Waals surface area contributed by atoms with Gasteiger partial charge in [-0.25, -0.2) is 4.68 Å². The number of hydrogen-bond donors (Lipinski definition) is 1. The van der Waals surface area contributed by atoms with Crippen LogP contribution in [-0.4, -0.2) is 20.1 Å². The average Bonchev–Trinajstić information content (AvgIpc) is 2.32. The van der Waals surface area contributed by atoms with E-state index in [0.29, 0.717) is 11.2 Å². The van der Waals surface area contributed by atoms with E-state index in [9.17, 15) is 0 Å². The Hall–Kier alpha value is -0.710. The molecule has 0 aliphatic rings. The fraction of sp³-hybridized carbons (Fsp3) is 0.750. The molecule has 2 N–H and O–H groups in total. The minimum Gasteiger partial charge on any atom is -0.336 e. The molecule has 0 aliphatic heterocycles. The number of nitrogens with zero attached hydrogens (tertiary/aromatic N) is 3. The fourth-order valence-electron chi connectivity index (χ4n) is 0.973. The van der Waals surface area contributed by atoms with E-state index in [1.807, 2.05) is 0 Å². The molecule has 1 rings (SSSR count). The lowest BCUT2D eigenvalue weighted by atomic mass is 10.2. The second kappa shape index (κ2) is 4.00. The maximum absolute atomic E-state index is 5.82. The van der Waals surface area contributed by atoms with Gasteiger partial charge < -0.3 is 5.84 Å². The first-order valence-corrected chi connectivity index (χ1v) is 5.27. The van der Waals surface area contributed by atoms with Gasteiger partial charge in [0.15, 0.2) is 5.82 Å². The molecule has 0 saturated carbocycles. The summed E-state index contributed by atoms with van der Waals surface area (Å²) in [7, 11) is 0. The molecule has 0 atom stereocenters. The van der Waals surface area contributed by atoms with E-state index in [4.69, 9.17) is 5.84 Å². The maximum Gasteiger partial charge on any atom is 0.210 e. The largest absolute Gasteiger partial charge is 0.336 e. The predicted molar refractivity (Wildman–Crippen MR) is 55.3 cm³/mol. The summed E-state index contributed by atoms with van der Waals surface area (Å²) in [5.41, 5.74) is 0. The second-order valence-corrected chi connectivity index (χ2v) is 5.08. The third kappa shape index (κ3) is 2.37. The summed E-state index contributed by atoms with van der Waals surface area (Å²) >= 11 is 1.63. The van der Waals surface area contributed by atoms with Gasteiger partial charge in [0.1, 0.15) is 0 Å². The molecule has 5 heteroatoms. The Balaban J connectivity index is 2.86. The summed E-state index contributed by atoms with van der Waals surface area (Å²) in [5.74, 6) is 6.98. The molecule has 0 spiro atoms. The number of aromatic nitrogens is 3. The molecule has 4 nitrogen and oxygen atoms in total. The third-order valence-electron chi connectivity index (χ3n) is 1.55. The Morgan fingerprint density at radius 1 is 1.23 bits per heavy atom. The van der Waals surface area contributed by atoms with Crippen LogP contribution in [0.1, 0.15) is 39.4 Å². The van der Waals surface area contributed by atoms with Crippen LogP contribution >= 0.6 is 11.8 Å². The van der Waals surface area contributed by atoms with E-state index < -0.39 is 0 Å². The van der Waals surface area contributed by atoms with Crippen molar-refractivity contribution >= 4 is 11.8 Å². The van der Waals surface area contributed by atoms with Gasteiger partial charge in [-0.05, 0) is 0 Å². The van der Waals surface area contributed by atoms with Crippen molar-refractivity contribution in [2.24, 2.45) is 0 Å². The number of nitrogens with two attached hydrogens (primary N) is 1. The highest BCUT2D eigenvalue weighted by Gasteiger charge is 2.13. The highest BCUT2D eigenvalue weighted by molar-refractivity contribution is 7.99. The van der Waals surface area contributed by atoms with Crippen LogP contribution in [0.5, 0.6) is 0 Å². The van der Waals surface area contributed by atoms with Gasteiger partial charge in [-0.15, -0.1) is 10.2 Å². The lowest BCUT2D eigenvalue weighted by molar-refractivity contribution is 0.711. The third-order valence-corrected chi connectivity index (χ3v) is 2.51. The Bertz CT molecular complexity index is 280. The smallest absolute Gasteiger partial charge is 0.210 e. The van der Waals surface area contributed by atoms with Crippen molar-refractivity contribution in [3.05, 3.63) is 5.82 Å². The van der Waals surface area contributed by atoms with Gasteiger partial charge in [0.2, 0.25) is 5.16 Å². The summed E-state index contributed by atoms with van der Waals surface area (Å²) in [4.78, 5) is 0. The molecule has 0 aliphatic carbocycles. The molecule has 13 heavy (non-hydrogen) atoms. The van der Waals surface area contributed by atoms with Crippen LogP contribution in [-0.2, 0) is 0 Å². The van der Waals surface area contributed by atoms with Gasteiger partial charge in [-0.3, -0.25) is 0 Å². The molecule has 0 radical (unpaired) electrons. The predicted octanol–water partition coefficient (Wildman–Crippen LogP) is 1.62. The molecule has 0 fully saturated rings. The van der Waals surface area contributed by atoms with E-state index in [0.717, 1.165) is 11.0 Å². The fourth-order valence-corrected chi connectivity index (χ4v) is 1.69. The zero-order valence-electron chi connectivity index (χ0n) is 8.48. The van der Waals surface area contributed by atoms with Gasteiger partial charge in [0, 0.05) is 11.2 Å². The summed E-state index contributed by atoms with van der Waals surface area (Å²) in [6.45, 7) is 8.32. The Morgan fingerprint density at radius 3 is 2.23 bits per heavy atom. The van der Waals surface area contributed by atoms with Gasteiger partial charge in [0.05, 0.1) is 0 Å². The molecule has 1 heterocycles. The van der Waals surface area contributed by atoms with Crippen molar-refractivity contribution in [1.82, 2.24) is 14.9 Å². The van der Waals surface area contributed by atoms with Crippen LogP contribution in [0.4, 0.5) is 0 Å². The lowest BCUT2D eigenvalue weighted by Crippen LogP contribution is -2.15. The van der Waals surface area contributed by atoms with Crippen molar-refractivity contribution < 1.29 is 0 Å². The Labute approximate surface area is 82.9 Å². The minimum absolute atomic E-state index is 0.319. The zero-order chi connectivity index (χ0) is 10.0. The SMILES string of the molecule is CC(C)Sc1nnc(C(C)C)n1N. The van der Waals surface area contributed by atoms with E-state index in [1.165, 1.54) is 0 Å². The van der Waals surface area contributed by atoms with Crippen LogP contribution in [0.2, 0.25) is 0 Å². The van der Waals surface area contributed by atoms with Gasteiger partial charge in [-0.2, -0.15) is 0 Å². The minimum atomic E-state index is 0.319. The molecule has 0 bridgehead atoms. The van der Waals surface area contributed by atoms with Crippen LogP contribution < -0.4 is 5.84 Å². The quantitative estimate of drug-likeness (QED) is 0.595. The maximum atomic E-state index is 5.82. The summed E-state index contributed by atoms with van der Waals surface area (Å²) in [6, 6.07) is 0. The molecule has 74 valence electrons. The van der Waals surface area contributed by atoms with E-state index in [-0.39, 0.29) is 0 Å². The zero-order valence-corrected chi connectivity index (χ0v) is 9.30. The molecule has 1 aromatic heterocycles. The van der Waals surface area contributed by atoms with E-state index in [2.05, 4.69) is 37.9 Å². The van der Waals surface area contributed by atoms with Crippen molar-refractivity contribution in [3.63, 3.8) is 0 Å². The highest BCUT2D eigenvalue weighted by Crippen LogP contribution is 2.21. The topological polar surface area (TPSA) is 56.7 Å². The summed E-state index contributed by atoms with van der Waals surface area (Å²) in [5, 5.41) is 9.33. The summed E-state index contributed by atoms with van der Waals surface area (Å²) < 4.78 is 1.58. The molecule has 0 amide bonds. The molecule has 0 saturated heterocycles. The average molecular weight is 200 g/mol. The normalized spacial score (nSPS) is 11.5. The van der Waals surface area contributed by atoms with Crippen molar-refractivity contribution in [1.29, 1.82) is 0 Å². The Kier molecular flexibility index (Phi) is 3.19. The van der Waals surface area contributed by atoms with E-state index in [1.54, 1.807) is 16.4 Å². The first-order valence-electron chi connectivity index (χ1n) is 4.39. The van der Waals surface area contributed by atoms with Crippen molar-refractivity contribution in [2.75, 3.05) is 5.84 Å². The first-order chi connectivity index (χ1) is 6.02. The van der Waals surface area contributed by atoms with E-state index >= 15 is 0 Å². The highest BCUT2D eigenvalue weighted by atomic mass is 32.2. The monoisotopic (exact) mass is 200 g/mol. The van der Waals surface area contributed by atoms with Crippen LogP contribution in [0.15, 0.2) is 5.16 Å². The number of thioether (sulfide) groups is 1. The van der Waals surface area contributed by atoms with Crippen LogP contribution in [0.3, 0.4) is 0 Å². The molecule has 0 unspecified atom stereocenters. The summed E-state index contributed by atoms with van der Waals surface area (Å²) in [6.07, 6.45) is 0. The number of nitrogen functional groups attached to an aromatic ring is 1. The molecular formula is C8H16N4S. The lowest BCUT2D eigenvalue weighted by Gasteiger charge is -2.06. The van der Waals surface area contributed by atoms with Gasteiger partial charge in [-0.1, -0.05) is 39.5 Å². The second-order valence-electron chi connectivity index (χ2n) is 3.53. The van der Waals surface area contributed by atoms with Crippen LogP contribution in [0, 0.1) is 0 Å².